The summed E-state index contributed by atoms with van der Waals surface area (Å²) < 4.78 is 0. The van der Waals surface area contributed by atoms with Gasteiger partial charge in [-0.15, -0.1) is 0 Å². The molecular weight excluding hydrogens is 310 g/mol. The Balaban J connectivity index is 2.32. The summed E-state index contributed by atoms with van der Waals surface area (Å²) >= 11 is 0. The van der Waals surface area contributed by atoms with Gasteiger partial charge in [0.05, 0.1) is 0 Å². The quantitative estimate of drug-likeness (QED) is 0.743. The second kappa shape index (κ2) is 6.13. The molecule has 24 heavy (non-hydrogen) atoms. The van der Waals surface area contributed by atoms with E-state index in [1.165, 1.54) is 27.4 Å². The van der Waals surface area contributed by atoms with Crippen molar-refractivity contribution in [2.24, 2.45) is 5.92 Å². The highest BCUT2D eigenvalue weighted by Gasteiger charge is 2.28. The Kier molecular flexibility index (Phi) is 4.30. The van der Waals surface area contributed by atoms with E-state index in [1.807, 2.05) is 6.08 Å². The molecule has 1 N–H and O–H groups in total. The first-order chi connectivity index (χ1) is 11.3. The smallest absolute Gasteiger partial charge is 0.267 e. The van der Waals surface area contributed by atoms with Crippen LogP contribution in [0, 0.1) is 5.92 Å². The van der Waals surface area contributed by atoms with Crippen LogP contribution in [0.25, 0.3) is 11.6 Å². The summed E-state index contributed by atoms with van der Waals surface area (Å²) in [6.07, 6.45) is 5.22. The number of hydrogen-bond donors (Lipinski definition) is 0. The zero-order chi connectivity index (χ0) is 17.6. The molecule has 1 aromatic carbocycles. The molecular formula is C21H24NOSi. The lowest BCUT2D eigenvalue weighted by atomic mass is 9.80. The number of amides is 1. The van der Waals surface area contributed by atoms with Crippen molar-refractivity contribution < 1.29 is 4.79 Å². The molecule has 0 heterocycles. The predicted molar refractivity (Wildman–Crippen MR) is 104 cm³/mol. The van der Waals surface area contributed by atoms with E-state index in [4.69, 9.17) is 5.73 Å². The molecule has 0 aliphatic heterocycles. The molecule has 0 saturated carbocycles. The lowest BCUT2D eigenvalue weighted by molar-refractivity contribution is -0.114. The van der Waals surface area contributed by atoms with Gasteiger partial charge in [0, 0.05) is 14.0 Å². The third-order valence-electron chi connectivity index (χ3n) is 5.03. The van der Waals surface area contributed by atoms with Gasteiger partial charge in [0.2, 0.25) is 0 Å². The second-order valence-corrected chi connectivity index (χ2v) is 9.70. The van der Waals surface area contributed by atoms with E-state index < -0.39 is 14.3 Å². The molecule has 3 rings (SSSR count). The van der Waals surface area contributed by atoms with Crippen LogP contribution in [-0.2, 0) is 11.2 Å². The molecule has 2 aliphatic rings. The van der Waals surface area contributed by atoms with E-state index in [0.717, 1.165) is 17.6 Å². The molecule has 1 amide bonds. The Morgan fingerprint density at radius 2 is 1.96 bits per heavy atom. The van der Waals surface area contributed by atoms with E-state index in [9.17, 15) is 4.79 Å². The molecule has 0 aromatic heterocycles. The number of benzene rings is 1. The summed E-state index contributed by atoms with van der Waals surface area (Å²) in [4.78, 5) is 12.1. The number of allylic oxidation sites excluding steroid dienone is 3. The Morgan fingerprint density at radius 3 is 2.58 bits per heavy atom. The van der Waals surface area contributed by atoms with Gasteiger partial charge < -0.3 is 0 Å². The SMILES string of the molecule is CC1=Cc2c(cccc2C2=C(C)C(=[Si](C)C)C(C)C=C2C([NH])=O)C1. The molecule has 0 bridgehead atoms. The normalized spacial score (nSPS) is 19.9. The number of nitrogens with one attached hydrogen (secondary N) is 1. The van der Waals surface area contributed by atoms with Gasteiger partial charge in [0.1, 0.15) is 0 Å². The van der Waals surface area contributed by atoms with Crippen LogP contribution in [0.4, 0.5) is 0 Å². The van der Waals surface area contributed by atoms with Gasteiger partial charge in [0.15, 0.2) is 0 Å². The maximum atomic E-state index is 12.1. The van der Waals surface area contributed by atoms with E-state index in [2.05, 4.69) is 58.1 Å². The van der Waals surface area contributed by atoms with Gasteiger partial charge in [-0.2, -0.15) is 0 Å². The average Bonchev–Trinajstić information content (AvgIpc) is 2.86. The topological polar surface area (TPSA) is 40.9 Å². The number of carbonyl (C=O) groups excluding carboxylic acids is 1. The molecule has 0 fully saturated rings. The Labute approximate surface area is 146 Å². The average molecular weight is 335 g/mol. The van der Waals surface area contributed by atoms with E-state index in [1.54, 1.807) is 0 Å². The van der Waals surface area contributed by atoms with Crippen molar-refractivity contribution in [3.05, 3.63) is 57.7 Å². The predicted octanol–water partition coefficient (Wildman–Crippen LogP) is 4.31. The highest BCUT2D eigenvalue weighted by molar-refractivity contribution is 6.72. The summed E-state index contributed by atoms with van der Waals surface area (Å²) in [5, 5.41) is 1.47. The summed E-state index contributed by atoms with van der Waals surface area (Å²) in [5.74, 6) is -0.330. The zero-order valence-electron chi connectivity index (χ0n) is 15.1. The van der Waals surface area contributed by atoms with Gasteiger partial charge >= 0.3 is 0 Å². The minimum absolute atomic E-state index is 0.246. The molecule has 1 unspecified atom stereocenters. The van der Waals surface area contributed by atoms with Crippen molar-refractivity contribution in [2.75, 3.05) is 0 Å². The van der Waals surface area contributed by atoms with Crippen LogP contribution in [-0.4, -0.2) is 19.5 Å². The number of hydrogen-bond acceptors (Lipinski definition) is 1. The van der Waals surface area contributed by atoms with Crippen molar-refractivity contribution in [2.45, 2.75) is 40.3 Å². The number of fused-ring (bicyclic) bond motifs is 1. The highest BCUT2D eigenvalue weighted by atomic mass is 28.2. The molecule has 3 heteroatoms. The highest BCUT2D eigenvalue weighted by Crippen LogP contribution is 2.39. The van der Waals surface area contributed by atoms with Crippen LogP contribution < -0.4 is 5.73 Å². The van der Waals surface area contributed by atoms with Crippen molar-refractivity contribution in [1.29, 1.82) is 0 Å². The number of rotatable bonds is 2. The maximum absolute atomic E-state index is 12.1. The summed E-state index contributed by atoms with van der Waals surface area (Å²) in [6.45, 7) is 11.0. The molecule has 1 atom stereocenters. The van der Waals surface area contributed by atoms with Crippen molar-refractivity contribution >= 4 is 31.1 Å². The van der Waals surface area contributed by atoms with Crippen LogP contribution in [0.1, 0.15) is 37.5 Å². The first-order valence-corrected chi connectivity index (χ1v) is 11.0. The summed E-state index contributed by atoms with van der Waals surface area (Å²) in [5.41, 5.74) is 15.6. The maximum Gasteiger partial charge on any atom is 0.270 e. The van der Waals surface area contributed by atoms with Gasteiger partial charge in [-0.25, -0.2) is 0 Å². The minimum Gasteiger partial charge on any atom is -0.267 e. The Hall–Kier alpha value is -2.00. The molecule has 0 spiro atoms. The van der Waals surface area contributed by atoms with Crippen LogP contribution in [0.2, 0.25) is 13.1 Å². The van der Waals surface area contributed by atoms with Gasteiger partial charge in [0.25, 0.3) is 5.91 Å². The third-order valence-corrected chi connectivity index (χ3v) is 6.94. The molecule has 1 aromatic rings. The van der Waals surface area contributed by atoms with Crippen LogP contribution in [0.3, 0.4) is 0 Å². The standard InChI is InChI=1S/C21H24NOSi/c1-12-9-15-7-6-8-16(17(15)10-12)19-14(3)20(24(4)5)13(2)11-18(19)21(22)23/h6-8,10-11,13,22H,9H2,1-5H3. The van der Waals surface area contributed by atoms with Gasteiger partial charge in [-0.1, -0.05) is 61.1 Å². The Morgan fingerprint density at radius 1 is 1.25 bits per heavy atom. The lowest BCUT2D eigenvalue weighted by Crippen LogP contribution is -2.26. The van der Waals surface area contributed by atoms with Gasteiger partial charge in [-0.05, 0) is 54.0 Å². The molecule has 1 radical (unpaired) electrons. The number of carbonyl (C=O) groups is 1. The summed E-state index contributed by atoms with van der Waals surface area (Å²) in [7, 11) is -0.618. The molecule has 123 valence electrons. The van der Waals surface area contributed by atoms with Crippen molar-refractivity contribution in [3.63, 3.8) is 0 Å². The van der Waals surface area contributed by atoms with Gasteiger partial charge in [-0.3, -0.25) is 10.5 Å². The minimum atomic E-state index is -0.618. The first kappa shape index (κ1) is 16.8. The fourth-order valence-electron chi connectivity index (χ4n) is 4.21. The van der Waals surface area contributed by atoms with Crippen molar-refractivity contribution in [3.8, 4) is 0 Å². The fourth-order valence-corrected chi connectivity index (χ4v) is 6.08. The zero-order valence-corrected chi connectivity index (χ0v) is 16.1. The summed E-state index contributed by atoms with van der Waals surface area (Å²) in [6, 6.07) is 6.35. The lowest BCUT2D eigenvalue weighted by Gasteiger charge is -2.27. The molecule has 0 saturated heterocycles. The first-order valence-electron chi connectivity index (χ1n) is 8.47. The van der Waals surface area contributed by atoms with E-state index in [-0.39, 0.29) is 5.92 Å². The van der Waals surface area contributed by atoms with E-state index in [0.29, 0.717) is 5.57 Å². The molecule has 2 nitrogen and oxygen atoms in total. The van der Waals surface area contributed by atoms with Crippen molar-refractivity contribution in [1.82, 2.24) is 5.73 Å². The third kappa shape index (κ3) is 2.67. The Bertz CT molecular complexity index is 864. The largest absolute Gasteiger partial charge is 0.270 e. The fraction of sp³-hybridized carbons (Fsp3) is 0.333. The van der Waals surface area contributed by atoms with Crippen LogP contribution in [0.15, 0.2) is 41.0 Å². The second-order valence-electron chi connectivity index (χ2n) is 7.16. The van der Waals surface area contributed by atoms with Crippen LogP contribution >= 0.6 is 0 Å². The van der Waals surface area contributed by atoms with E-state index >= 15 is 0 Å². The molecule has 2 aliphatic carbocycles. The van der Waals surface area contributed by atoms with Crippen LogP contribution in [0.5, 0.6) is 0 Å². The monoisotopic (exact) mass is 334 g/mol.